The molecule has 1 aliphatic rings. The van der Waals surface area contributed by atoms with Gasteiger partial charge in [0.15, 0.2) is 5.96 Å². The van der Waals surface area contributed by atoms with Crippen LogP contribution in [0, 0.1) is 0 Å². The van der Waals surface area contributed by atoms with Crippen LogP contribution in [0.2, 0.25) is 0 Å². The number of para-hydroxylation sites is 1. The first-order valence-electron chi connectivity index (χ1n) is 9.21. The molecule has 4 rings (SSSR count). The van der Waals surface area contributed by atoms with E-state index in [1.54, 1.807) is 0 Å². The third-order valence-corrected chi connectivity index (χ3v) is 4.88. The van der Waals surface area contributed by atoms with Crippen molar-refractivity contribution in [1.82, 2.24) is 4.98 Å². The van der Waals surface area contributed by atoms with Gasteiger partial charge in [0.1, 0.15) is 5.82 Å². The summed E-state index contributed by atoms with van der Waals surface area (Å²) in [6.45, 7) is 3.05. The Morgan fingerprint density at radius 1 is 1.07 bits per heavy atom. The quantitative estimate of drug-likeness (QED) is 0.369. The fraction of sp³-hybridized carbons (Fsp3) is 0.238. The van der Waals surface area contributed by atoms with Crippen LogP contribution >= 0.6 is 0 Å². The van der Waals surface area contributed by atoms with Crippen molar-refractivity contribution in [2.24, 2.45) is 16.5 Å². The van der Waals surface area contributed by atoms with Gasteiger partial charge in [-0.05, 0) is 23.6 Å². The first-order valence-corrected chi connectivity index (χ1v) is 9.21. The second-order valence-corrected chi connectivity index (χ2v) is 6.72. The fourth-order valence-corrected chi connectivity index (χ4v) is 3.54. The Hall–Kier alpha value is -3.28. The van der Waals surface area contributed by atoms with E-state index >= 15 is 0 Å². The summed E-state index contributed by atoms with van der Waals surface area (Å²) in [6.07, 6.45) is 1.04. The molecule has 6 heteroatoms. The van der Waals surface area contributed by atoms with Crippen molar-refractivity contribution in [2.45, 2.75) is 13.0 Å². The summed E-state index contributed by atoms with van der Waals surface area (Å²) in [4.78, 5) is 11.3. The highest BCUT2D eigenvalue weighted by atomic mass is 15.2. The molecule has 138 valence electrons. The molecule has 0 aliphatic carbocycles. The standard InChI is InChI=1S/C21H24N6/c22-21(23)25-11-10-24-19-13-20(26-18-8-4-3-7-17(18)19)27-12-9-15-5-1-2-6-16(15)14-27/h1-8,13H,9-12,14H2,(H,24,26)(H4,22,23,25). The molecule has 0 amide bonds. The molecule has 0 bridgehead atoms. The van der Waals surface area contributed by atoms with E-state index in [-0.39, 0.29) is 5.96 Å². The fourth-order valence-electron chi connectivity index (χ4n) is 3.54. The summed E-state index contributed by atoms with van der Waals surface area (Å²) in [6, 6.07) is 19.0. The number of aliphatic imine (C=N–C) groups is 1. The number of hydrogen-bond acceptors (Lipinski definition) is 4. The van der Waals surface area contributed by atoms with Gasteiger partial charge < -0.3 is 21.7 Å². The van der Waals surface area contributed by atoms with Crippen LogP contribution in [0.1, 0.15) is 11.1 Å². The minimum absolute atomic E-state index is 0.115. The van der Waals surface area contributed by atoms with Gasteiger partial charge in [-0.1, -0.05) is 42.5 Å². The highest BCUT2D eigenvalue weighted by Crippen LogP contribution is 2.30. The molecule has 0 spiro atoms. The first kappa shape index (κ1) is 17.1. The van der Waals surface area contributed by atoms with Crippen LogP contribution in [0.15, 0.2) is 59.6 Å². The van der Waals surface area contributed by atoms with Crippen LogP contribution in [-0.4, -0.2) is 30.6 Å². The lowest BCUT2D eigenvalue weighted by Gasteiger charge is -2.30. The predicted molar refractivity (Wildman–Crippen MR) is 112 cm³/mol. The number of nitrogens with one attached hydrogen (secondary N) is 1. The topological polar surface area (TPSA) is 92.6 Å². The van der Waals surface area contributed by atoms with E-state index in [9.17, 15) is 0 Å². The molecule has 2 heterocycles. The normalized spacial score (nSPS) is 13.3. The molecule has 0 unspecified atom stereocenters. The van der Waals surface area contributed by atoms with Gasteiger partial charge in [-0.15, -0.1) is 0 Å². The van der Waals surface area contributed by atoms with Crippen LogP contribution in [0.5, 0.6) is 0 Å². The highest BCUT2D eigenvalue weighted by molar-refractivity contribution is 5.93. The Kier molecular flexibility index (Phi) is 4.78. The predicted octanol–water partition coefficient (Wildman–Crippen LogP) is 2.48. The van der Waals surface area contributed by atoms with Gasteiger partial charge in [-0.25, -0.2) is 4.98 Å². The maximum atomic E-state index is 5.41. The summed E-state index contributed by atoms with van der Waals surface area (Å²) in [7, 11) is 0. The molecule has 0 radical (unpaired) electrons. The van der Waals surface area contributed by atoms with Gasteiger partial charge in [0.05, 0.1) is 12.1 Å². The number of hydrogen-bond donors (Lipinski definition) is 3. The number of guanidine groups is 1. The van der Waals surface area contributed by atoms with Crippen LogP contribution in [-0.2, 0) is 13.0 Å². The Bertz CT molecular complexity index is 977. The van der Waals surface area contributed by atoms with Crippen molar-refractivity contribution in [1.29, 1.82) is 0 Å². The second-order valence-electron chi connectivity index (χ2n) is 6.72. The molecule has 1 aromatic heterocycles. The number of anilines is 2. The Labute approximate surface area is 158 Å². The average molecular weight is 360 g/mol. The number of pyridine rings is 1. The van der Waals surface area contributed by atoms with Crippen molar-refractivity contribution in [2.75, 3.05) is 29.9 Å². The van der Waals surface area contributed by atoms with E-state index in [0.717, 1.165) is 41.9 Å². The monoisotopic (exact) mass is 360 g/mol. The number of rotatable bonds is 5. The zero-order valence-corrected chi connectivity index (χ0v) is 15.2. The molecule has 0 fully saturated rings. The lowest BCUT2D eigenvalue weighted by molar-refractivity contribution is 0.722. The highest BCUT2D eigenvalue weighted by Gasteiger charge is 2.18. The van der Waals surface area contributed by atoms with Gasteiger partial charge in [-0.2, -0.15) is 0 Å². The Morgan fingerprint density at radius 2 is 1.85 bits per heavy atom. The summed E-state index contributed by atoms with van der Waals surface area (Å²) in [5, 5.41) is 4.56. The number of fused-ring (bicyclic) bond motifs is 2. The lowest BCUT2D eigenvalue weighted by atomic mass is 10.00. The first-order chi connectivity index (χ1) is 13.2. The van der Waals surface area contributed by atoms with Crippen molar-refractivity contribution in [3.8, 4) is 0 Å². The molecule has 2 aromatic carbocycles. The number of nitrogens with two attached hydrogens (primary N) is 2. The van der Waals surface area contributed by atoms with Gasteiger partial charge in [0, 0.05) is 36.8 Å². The van der Waals surface area contributed by atoms with Crippen LogP contribution in [0.4, 0.5) is 11.5 Å². The Morgan fingerprint density at radius 3 is 2.70 bits per heavy atom. The molecule has 3 aromatic rings. The summed E-state index contributed by atoms with van der Waals surface area (Å²) in [5.74, 6) is 1.11. The SMILES string of the molecule is NC(N)=NCCNc1cc(N2CCc3ccccc3C2)nc2ccccc12. The van der Waals surface area contributed by atoms with E-state index in [0.29, 0.717) is 13.1 Å². The largest absolute Gasteiger partial charge is 0.383 e. The molecule has 0 saturated heterocycles. The van der Waals surface area contributed by atoms with Crippen LogP contribution in [0.3, 0.4) is 0 Å². The van der Waals surface area contributed by atoms with E-state index in [2.05, 4.69) is 57.7 Å². The van der Waals surface area contributed by atoms with Crippen LogP contribution < -0.4 is 21.7 Å². The molecular formula is C21H24N6. The van der Waals surface area contributed by atoms with Crippen molar-refractivity contribution >= 4 is 28.4 Å². The zero-order chi connectivity index (χ0) is 18.6. The third kappa shape index (κ3) is 3.79. The number of aromatic nitrogens is 1. The van der Waals surface area contributed by atoms with E-state index in [1.165, 1.54) is 11.1 Å². The Balaban J connectivity index is 1.62. The van der Waals surface area contributed by atoms with Crippen molar-refractivity contribution < 1.29 is 0 Å². The molecule has 5 N–H and O–H groups in total. The van der Waals surface area contributed by atoms with E-state index in [1.807, 2.05) is 12.1 Å². The molecular weight excluding hydrogens is 336 g/mol. The van der Waals surface area contributed by atoms with Crippen molar-refractivity contribution in [3.05, 3.63) is 65.7 Å². The third-order valence-electron chi connectivity index (χ3n) is 4.88. The molecule has 1 aliphatic heterocycles. The number of benzene rings is 2. The van der Waals surface area contributed by atoms with E-state index < -0.39 is 0 Å². The van der Waals surface area contributed by atoms with Gasteiger partial charge in [0.25, 0.3) is 0 Å². The van der Waals surface area contributed by atoms with Gasteiger partial charge >= 0.3 is 0 Å². The van der Waals surface area contributed by atoms with Gasteiger partial charge in [-0.3, -0.25) is 4.99 Å². The number of nitrogens with zero attached hydrogens (tertiary/aromatic N) is 3. The maximum absolute atomic E-state index is 5.41. The second kappa shape index (κ2) is 7.53. The minimum Gasteiger partial charge on any atom is -0.383 e. The molecule has 0 saturated carbocycles. The molecule has 27 heavy (non-hydrogen) atoms. The molecule has 0 atom stereocenters. The van der Waals surface area contributed by atoms with Crippen LogP contribution in [0.25, 0.3) is 10.9 Å². The summed E-state index contributed by atoms with van der Waals surface area (Å²) in [5.41, 5.74) is 15.7. The zero-order valence-electron chi connectivity index (χ0n) is 15.2. The van der Waals surface area contributed by atoms with E-state index in [4.69, 9.17) is 16.5 Å². The average Bonchev–Trinajstić information content (AvgIpc) is 2.70. The smallest absolute Gasteiger partial charge is 0.185 e. The van der Waals surface area contributed by atoms with Crippen molar-refractivity contribution in [3.63, 3.8) is 0 Å². The summed E-state index contributed by atoms with van der Waals surface area (Å²) < 4.78 is 0. The van der Waals surface area contributed by atoms with Gasteiger partial charge in [0.2, 0.25) is 0 Å². The molecule has 6 nitrogen and oxygen atoms in total. The lowest BCUT2D eigenvalue weighted by Crippen LogP contribution is -2.31. The maximum Gasteiger partial charge on any atom is 0.185 e. The summed E-state index contributed by atoms with van der Waals surface area (Å²) >= 11 is 0. The minimum atomic E-state index is 0.115.